The molecule has 0 fully saturated rings. The van der Waals surface area contributed by atoms with E-state index in [4.69, 9.17) is 5.73 Å². The first-order valence-electron chi connectivity index (χ1n) is 3.99. The van der Waals surface area contributed by atoms with Gasteiger partial charge in [0, 0.05) is 4.88 Å². The van der Waals surface area contributed by atoms with Crippen LogP contribution < -0.4 is 5.73 Å². The molecule has 0 radical (unpaired) electrons. The van der Waals surface area contributed by atoms with Crippen LogP contribution in [0.1, 0.15) is 29.7 Å². The Balaban J connectivity index is 2.60. The zero-order valence-corrected chi connectivity index (χ0v) is 7.95. The van der Waals surface area contributed by atoms with E-state index in [0.29, 0.717) is 5.92 Å². The molecule has 11 heavy (non-hydrogen) atoms. The fourth-order valence-corrected chi connectivity index (χ4v) is 1.97. The van der Waals surface area contributed by atoms with Crippen LogP contribution in [0.2, 0.25) is 0 Å². The number of aryl methyl sites for hydroxylation is 1. The Bertz CT molecular complexity index is 217. The molecule has 1 nitrogen and oxygen atoms in total. The minimum Gasteiger partial charge on any atom is -0.330 e. The second-order valence-corrected chi connectivity index (χ2v) is 4.08. The summed E-state index contributed by atoms with van der Waals surface area (Å²) in [6.07, 6.45) is 1.09. The van der Waals surface area contributed by atoms with Gasteiger partial charge in [-0.25, -0.2) is 0 Å². The van der Waals surface area contributed by atoms with Crippen LogP contribution in [0.4, 0.5) is 0 Å². The highest BCUT2D eigenvalue weighted by molar-refractivity contribution is 7.10. The molecule has 1 aromatic heterocycles. The largest absolute Gasteiger partial charge is 0.330 e. The van der Waals surface area contributed by atoms with Gasteiger partial charge in [0.1, 0.15) is 0 Å². The first-order valence-corrected chi connectivity index (χ1v) is 4.87. The minimum atomic E-state index is 0.630. The molecule has 0 aliphatic heterocycles. The van der Waals surface area contributed by atoms with Crippen molar-refractivity contribution in [1.82, 2.24) is 0 Å². The predicted octanol–water partition coefficient (Wildman–Crippen LogP) is 2.51. The smallest absolute Gasteiger partial charge is 0.00171 e. The molecule has 0 bridgehead atoms. The Hall–Kier alpha value is -0.340. The molecule has 1 aromatic rings. The summed E-state index contributed by atoms with van der Waals surface area (Å²) in [5.41, 5.74) is 6.92. The summed E-state index contributed by atoms with van der Waals surface area (Å²) in [7, 11) is 0. The normalized spacial score (nSPS) is 13.4. The average Bonchev–Trinajstić information content (AvgIpc) is 2.36. The van der Waals surface area contributed by atoms with E-state index in [0.717, 1.165) is 13.0 Å². The van der Waals surface area contributed by atoms with Crippen molar-refractivity contribution in [3.05, 3.63) is 21.9 Å². The summed E-state index contributed by atoms with van der Waals surface area (Å²) in [4.78, 5) is 1.39. The Labute approximate surface area is 72.2 Å². The number of hydrogen-bond donors (Lipinski definition) is 1. The van der Waals surface area contributed by atoms with Crippen LogP contribution in [-0.2, 0) is 0 Å². The average molecular weight is 169 g/mol. The van der Waals surface area contributed by atoms with Crippen molar-refractivity contribution in [3.63, 3.8) is 0 Å². The number of thiophene rings is 1. The molecule has 2 N–H and O–H groups in total. The van der Waals surface area contributed by atoms with Gasteiger partial charge in [-0.15, -0.1) is 11.3 Å². The Morgan fingerprint density at radius 3 is 2.82 bits per heavy atom. The zero-order chi connectivity index (χ0) is 8.27. The van der Waals surface area contributed by atoms with Crippen LogP contribution in [0.25, 0.3) is 0 Å². The lowest BCUT2D eigenvalue weighted by Crippen LogP contribution is -2.03. The Morgan fingerprint density at radius 1 is 1.64 bits per heavy atom. The SMILES string of the molecule is Cc1cc(C(C)CCN)cs1. The van der Waals surface area contributed by atoms with Crippen molar-refractivity contribution in [3.8, 4) is 0 Å². The van der Waals surface area contributed by atoms with Crippen LogP contribution in [0.5, 0.6) is 0 Å². The molecule has 1 atom stereocenters. The molecule has 1 rings (SSSR count). The monoisotopic (exact) mass is 169 g/mol. The first kappa shape index (κ1) is 8.75. The van der Waals surface area contributed by atoms with Crippen molar-refractivity contribution in [2.75, 3.05) is 6.54 Å². The van der Waals surface area contributed by atoms with Crippen LogP contribution in [0.3, 0.4) is 0 Å². The topological polar surface area (TPSA) is 26.0 Å². The van der Waals surface area contributed by atoms with Crippen LogP contribution in [0, 0.1) is 6.92 Å². The van der Waals surface area contributed by atoms with E-state index in [9.17, 15) is 0 Å². The van der Waals surface area contributed by atoms with Crippen molar-refractivity contribution in [1.29, 1.82) is 0 Å². The van der Waals surface area contributed by atoms with Crippen molar-refractivity contribution >= 4 is 11.3 Å². The molecule has 0 aliphatic rings. The molecule has 1 unspecified atom stereocenters. The van der Waals surface area contributed by atoms with Crippen LogP contribution in [-0.4, -0.2) is 6.54 Å². The highest BCUT2D eigenvalue weighted by Crippen LogP contribution is 2.23. The van der Waals surface area contributed by atoms with E-state index in [1.165, 1.54) is 10.4 Å². The van der Waals surface area contributed by atoms with Gasteiger partial charge in [-0.3, -0.25) is 0 Å². The molecule has 1 heterocycles. The summed E-state index contributed by atoms with van der Waals surface area (Å²) in [6, 6.07) is 2.25. The third kappa shape index (κ3) is 2.31. The quantitative estimate of drug-likeness (QED) is 0.739. The van der Waals surface area contributed by atoms with E-state index in [2.05, 4.69) is 25.3 Å². The van der Waals surface area contributed by atoms with Crippen LogP contribution in [0.15, 0.2) is 11.4 Å². The van der Waals surface area contributed by atoms with Gasteiger partial charge in [0.2, 0.25) is 0 Å². The lowest BCUT2D eigenvalue weighted by Gasteiger charge is -2.05. The molecule has 0 amide bonds. The second kappa shape index (κ2) is 3.88. The summed E-state index contributed by atoms with van der Waals surface area (Å²) in [5, 5.41) is 2.23. The van der Waals surface area contributed by atoms with E-state index in [1.54, 1.807) is 0 Å². The fraction of sp³-hybridized carbons (Fsp3) is 0.556. The van der Waals surface area contributed by atoms with E-state index in [1.807, 2.05) is 11.3 Å². The Morgan fingerprint density at radius 2 is 2.36 bits per heavy atom. The molecule has 0 aromatic carbocycles. The lowest BCUT2D eigenvalue weighted by atomic mass is 10.0. The zero-order valence-electron chi connectivity index (χ0n) is 7.13. The summed E-state index contributed by atoms with van der Waals surface area (Å²) in [6.45, 7) is 5.16. The van der Waals surface area contributed by atoms with Crippen molar-refractivity contribution in [2.24, 2.45) is 5.73 Å². The number of rotatable bonds is 3. The third-order valence-corrected chi connectivity index (χ3v) is 2.80. The maximum absolute atomic E-state index is 5.48. The number of nitrogens with two attached hydrogens (primary N) is 1. The predicted molar refractivity (Wildman–Crippen MR) is 51.1 cm³/mol. The number of hydrogen-bond acceptors (Lipinski definition) is 2. The standard InChI is InChI=1S/C9H15NS/c1-7(3-4-10)9-5-8(2)11-6-9/h5-7H,3-4,10H2,1-2H3. The van der Waals surface area contributed by atoms with Crippen LogP contribution >= 0.6 is 11.3 Å². The molecule has 0 saturated heterocycles. The van der Waals surface area contributed by atoms with Gasteiger partial charge in [0.05, 0.1) is 0 Å². The van der Waals surface area contributed by atoms with Gasteiger partial charge in [-0.05, 0) is 42.8 Å². The van der Waals surface area contributed by atoms with E-state index in [-0.39, 0.29) is 0 Å². The molecule has 0 saturated carbocycles. The van der Waals surface area contributed by atoms with Gasteiger partial charge in [-0.2, -0.15) is 0 Å². The van der Waals surface area contributed by atoms with E-state index >= 15 is 0 Å². The lowest BCUT2D eigenvalue weighted by molar-refractivity contribution is 0.692. The maximum atomic E-state index is 5.48. The molecule has 0 spiro atoms. The van der Waals surface area contributed by atoms with Crippen molar-refractivity contribution < 1.29 is 0 Å². The van der Waals surface area contributed by atoms with Gasteiger partial charge < -0.3 is 5.73 Å². The van der Waals surface area contributed by atoms with E-state index < -0.39 is 0 Å². The highest BCUT2D eigenvalue weighted by Gasteiger charge is 2.04. The second-order valence-electron chi connectivity index (χ2n) is 2.97. The molecule has 2 heteroatoms. The summed E-state index contributed by atoms with van der Waals surface area (Å²) in [5.74, 6) is 0.630. The molecular weight excluding hydrogens is 154 g/mol. The first-order chi connectivity index (χ1) is 5.24. The molecular formula is C9H15NS. The summed E-state index contributed by atoms with van der Waals surface area (Å²) < 4.78 is 0. The Kier molecular flexibility index (Phi) is 3.09. The van der Waals surface area contributed by atoms with Gasteiger partial charge in [0.25, 0.3) is 0 Å². The highest BCUT2D eigenvalue weighted by atomic mass is 32.1. The maximum Gasteiger partial charge on any atom is 0.00171 e. The minimum absolute atomic E-state index is 0.630. The molecule has 0 aliphatic carbocycles. The fourth-order valence-electron chi connectivity index (χ4n) is 1.14. The van der Waals surface area contributed by atoms with Gasteiger partial charge in [-0.1, -0.05) is 6.92 Å². The third-order valence-electron chi connectivity index (χ3n) is 1.92. The van der Waals surface area contributed by atoms with Gasteiger partial charge >= 0.3 is 0 Å². The van der Waals surface area contributed by atoms with Crippen molar-refractivity contribution in [2.45, 2.75) is 26.2 Å². The summed E-state index contributed by atoms with van der Waals surface area (Å²) >= 11 is 1.82. The van der Waals surface area contributed by atoms with Gasteiger partial charge in [0.15, 0.2) is 0 Å². The molecule has 62 valence electrons.